The van der Waals surface area contributed by atoms with E-state index in [4.69, 9.17) is 9.47 Å². The third-order valence-corrected chi connectivity index (χ3v) is 3.37. The minimum atomic E-state index is -0.893. The molecule has 0 aromatic heterocycles. The van der Waals surface area contributed by atoms with Crippen molar-refractivity contribution in [3.8, 4) is 5.75 Å². The Bertz CT molecular complexity index is 685. The third kappa shape index (κ3) is 4.84. The molecule has 0 aliphatic heterocycles. The van der Waals surface area contributed by atoms with Gasteiger partial charge in [0.2, 0.25) is 0 Å². The van der Waals surface area contributed by atoms with Crippen LogP contribution in [0.4, 0.5) is 0 Å². The predicted molar refractivity (Wildman–Crippen MR) is 90.8 cm³/mol. The van der Waals surface area contributed by atoms with Crippen LogP contribution in [0.5, 0.6) is 5.75 Å². The van der Waals surface area contributed by atoms with Crippen LogP contribution in [0, 0.1) is 0 Å². The Balaban J connectivity index is 1.92. The van der Waals surface area contributed by atoms with E-state index in [-0.39, 0.29) is 5.91 Å². The second-order valence-corrected chi connectivity index (χ2v) is 5.18. The van der Waals surface area contributed by atoms with E-state index in [1.807, 2.05) is 37.3 Å². The highest BCUT2D eigenvalue weighted by molar-refractivity contribution is 5.94. The molecule has 0 fully saturated rings. The minimum absolute atomic E-state index is 0.307. The van der Waals surface area contributed by atoms with E-state index < -0.39 is 12.1 Å². The third-order valence-electron chi connectivity index (χ3n) is 3.37. The van der Waals surface area contributed by atoms with Crippen molar-refractivity contribution < 1.29 is 19.1 Å². The standard InChI is InChI=1S/C19H21NO4/c1-3-23-17-12-8-7-11-16(17)19(22)24-14(2)18(21)20-13-15-9-5-4-6-10-15/h4-12,14H,3,13H2,1-2H3,(H,20,21)/t14-/m0/s1. The summed E-state index contributed by atoms with van der Waals surface area (Å²) >= 11 is 0. The normalized spacial score (nSPS) is 11.4. The van der Waals surface area contributed by atoms with Gasteiger partial charge in [-0.1, -0.05) is 42.5 Å². The van der Waals surface area contributed by atoms with Crippen molar-refractivity contribution >= 4 is 11.9 Å². The first-order chi connectivity index (χ1) is 11.6. The van der Waals surface area contributed by atoms with E-state index in [9.17, 15) is 9.59 Å². The van der Waals surface area contributed by atoms with Crippen LogP contribution in [0.25, 0.3) is 0 Å². The largest absolute Gasteiger partial charge is 0.493 e. The lowest BCUT2D eigenvalue weighted by Gasteiger charge is -2.15. The van der Waals surface area contributed by atoms with Gasteiger partial charge in [0.25, 0.3) is 5.91 Å². The Morgan fingerprint density at radius 2 is 1.71 bits per heavy atom. The van der Waals surface area contributed by atoms with Gasteiger partial charge in [-0.2, -0.15) is 0 Å². The van der Waals surface area contributed by atoms with Crippen molar-refractivity contribution in [3.63, 3.8) is 0 Å². The van der Waals surface area contributed by atoms with E-state index in [0.717, 1.165) is 5.56 Å². The van der Waals surface area contributed by atoms with Gasteiger partial charge in [-0.25, -0.2) is 4.79 Å². The summed E-state index contributed by atoms with van der Waals surface area (Å²) < 4.78 is 10.6. The maximum absolute atomic E-state index is 12.2. The van der Waals surface area contributed by atoms with Crippen molar-refractivity contribution in [3.05, 3.63) is 65.7 Å². The summed E-state index contributed by atoms with van der Waals surface area (Å²) in [7, 11) is 0. The number of amides is 1. The zero-order valence-corrected chi connectivity index (χ0v) is 13.8. The smallest absolute Gasteiger partial charge is 0.342 e. The molecule has 2 aromatic carbocycles. The summed E-state index contributed by atoms with van der Waals surface area (Å²) in [4.78, 5) is 24.3. The predicted octanol–water partition coefficient (Wildman–Crippen LogP) is 2.95. The molecular formula is C19H21NO4. The van der Waals surface area contributed by atoms with Crippen LogP contribution in [0.1, 0.15) is 29.8 Å². The molecule has 1 atom stereocenters. The van der Waals surface area contributed by atoms with Gasteiger partial charge in [-0.3, -0.25) is 4.79 Å². The number of hydrogen-bond donors (Lipinski definition) is 1. The molecule has 0 unspecified atom stereocenters. The SMILES string of the molecule is CCOc1ccccc1C(=O)O[C@@H](C)C(=O)NCc1ccccc1. The number of esters is 1. The Morgan fingerprint density at radius 3 is 2.42 bits per heavy atom. The van der Waals surface area contributed by atoms with Crippen LogP contribution < -0.4 is 10.1 Å². The fourth-order valence-electron chi connectivity index (χ4n) is 2.12. The van der Waals surface area contributed by atoms with Crippen molar-refractivity contribution in [2.75, 3.05) is 6.61 Å². The molecule has 0 spiro atoms. The Labute approximate surface area is 141 Å². The number of ether oxygens (including phenoxy) is 2. The number of carbonyl (C=O) groups is 2. The lowest BCUT2D eigenvalue weighted by Crippen LogP contribution is -2.35. The van der Waals surface area contributed by atoms with Gasteiger partial charge >= 0.3 is 5.97 Å². The molecule has 0 aliphatic rings. The fraction of sp³-hybridized carbons (Fsp3) is 0.263. The second-order valence-electron chi connectivity index (χ2n) is 5.18. The van der Waals surface area contributed by atoms with Crippen LogP contribution in [0.2, 0.25) is 0 Å². The van der Waals surface area contributed by atoms with E-state index in [0.29, 0.717) is 24.5 Å². The van der Waals surface area contributed by atoms with Gasteiger partial charge in [-0.05, 0) is 31.5 Å². The zero-order chi connectivity index (χ0) is 17.4. The van der Waals surface area contributed by atoms with Gasteiger partial charge in [-0.15, -0.1) is 0 Å². The lowest BCUT2D eigenvalue weighted by atomic mass is 10.2. The summed E-state index contributed by atoms with van der Waals surface area (Å²) in [5.74, 6) is -0.482. The lowest BCUT2D eigenvalue weighted by molar-refractivity contribution is -0.129. The topological polar surface area (TPSA) is 64.6 Å². The number of carbonyl (C=O) groups excluding carboxylic acids is 2. The molecule has 0 saturated heterocycles. The molecule has 5 nitrogen and oxygen atoms in total. The Morgan fingerprint density at radius 1 is 1.04 bits per heavy atom. The molecule has 1 N–H and O–H groups in total. The average Bonchev–Trinajstić information content (AvgIpc) is 2.61. The van der Waals surface area contributed by atoms with Crippen LogP contribution in [-0.2, 0) is 16.1 Å². The summed E-state index contributed by atoms with van der Waals surface area (Å²) in [5, 5.41) is 2.75. The molecule has 0 radical (unpaired) electrons. The van der Waals surface area contributed by atoms with E-state index in [1.54, 1.807) is 31.2 Å². The second kappa shape index (κ2) is 8.72. The van der Waals surface area contributed by atoms with Gasteiger partial charge in [0.1, 0.15) is 11.3 Å². The first-order valence-corrected chi connectivity index (χ1v) is 7.86. The van der Waals surface area contributed by atoms with Gasteiger partial charge in [0.05, 0.1) is 6.61 Å². The molecule has 126 valence electrons. The molecule has 0 aliphatic carbocycles. The van der Waals surface area contributed by atoms with Crippen molar-refractivity contribution in [1.82, 2.24) is 5.32 Å². The van der Waals surface area contributed by atoms with E-state index in [1.165, 1.54) is 0 Å². The summed E-state index contributed by atoms with van der Waals surface area (Å²) in [5.41, 5.74) is 1.29. The summed E-state index contributed by atoms with van der Waals surface area (Å²) in [6.45, 7) is 4.21. The number of para-hydroxylation sites is 1. The Hall–Kier alpha value is -2.82. The highest BCUT2D eigenvalue weighted by Gasteiger charge is 2.21. The van der Waals surface area contributed by atoms with Crippen molar-refractivity contribution in [1.29, 1.82) is 0 Å². The summed E-state index contributed by atoms with van der Waals surface area (Å²) in [6, 6.07) is 16.3. The van der Waals surface area contributed by atoms with Crippen LogP contribution in [0.3, 0.4) is 0 Å². The molecule has 0 heterocycles. The first kappa shape index (κ1) is 17.5. The maximum atomic E-state index is 12.2. The average molecular weight is 327 g/mol. The molecule has 1 amide bonds. The zero-order valence-electron chi connectivity index (χ0n) is 13.8. The molecule has 2 aromatic rings. The molecule has 0 saturated carbocycles. The number of benzene rings is 2. The van der Waals surface area contributed by atoms with Crippen molar-refractivity contribution in [2.24, 2.45) is 0 Å². The number of rotatable bonds is 7. The van der Waals surface area contributed by atoms with Crippen molar-refractivity contribution in [2.45, 2.75) is 26.5 Å². The van der Waals surface area contributed by atoms with Crippen LogP contribution in [-0.4, -0.2) is 24.6 Å². The van der Waals surface area contributed by atoms with Crippen LogP contribution >= 0.6 is 0 Å². The van der Waals surface area contributed by atoms with Gasteiger partial charge < -0.3 is 14.8 Å². The van der Waals surface area contributed by atoms with Crippen LogP contribution in [0.15, 0.2) is 54.6 Å². The first-order valence-electron chi connectivity index (χ1n) is 7.86. The molecule has 0 bridgehead atoms. The quantitative estimate of drug-likeness (QED) is 0.794. The Kier molecular flexibility index (Phi) is 6.37. The number of hydrogen-bond acceptors (Lipinski definition) is 4. The minimum Gasteiger partial charge on any atom is -0.493 e. The van der Waals surface area contributed by atoms with Gasteiger partial charge in [0.15, 0.2) is 6.10 Å². The summed E-state index contributed by atoms with van der Waals surface area (Å²) in [6.07, 6.45) is -0.893. The molecule has 2 rings (SSSR count). The highest BCUT2D eigenvalue weighted by Crippen LogP contribution is 2.19. The maximum Gasteiger partial charge on any atom is 0.342 e. The van der Waals surface area contributed by atoms with E-state index >= 15 is 0 Å². The molecular weight excluding hydrogens is 306 g/mol. The van der Waals surface area contributed by atoms with E-state index in [2.05, 4.69) is 5.32 Å². The molecule has 24 heavy (non-hydrogen) atoms. The van der Waals surface area contributed by atoms with Gasteiger partial charge in [0, 0.05) is 6.54 Å². The number of nitrogens with one attached hydrogen (secondary N) is 1. The highest BCUT2D eigenvalue weighted by atomic mass is 16.5. The monoisotopic (exact) mass is 327 g/mol. The fourth-order valence-corrected chi connectivity index (χ4v) is 2.12. The molecule has 5 heteroatoms.